The maximum absolute atomic E-state index is 13.5. The summed E-state index contributed by atoms with van der Waals surface area (Å²) in [5.74, 6) is -5.50. The fourth-order valence-electron chi connectivity index (χ4n) is 4.43. The Morgan fingerprint density at radius 2 is 1.77 bits per heavy atom. The molecule has 2 aromatic carbocycles. The van der Waals surface area contributed by atoms with Crippen molar-refractivity contribution in [3.05, 3.63) is 63.8 Å². The average Bonchev–Trinajstić information content (AvgIpc) is 3.40. The number of carbonyl (C=O) groups excluding carboxylic acids is 3. The van der Waals surface area contributed by atoms with Crippen molar-refractivity contribution >= 4 is 58.6 Å². The molecule has 3 amide bonds. The molecule has 3 atom stereocenters. The molecule has 17 heteroatoms. The number of aliphatic carboxylic acids is 1. The SMILES string of the molecule is Cc1nnc(SCC2=C(C(=O)O)N3C(=O)C(NC(=O)C(NC(=O)c4cc(O)c(O)c(O)c4)c4ccc(O)cc4)[C@@H]3SC2)s1. The Balaban J connectivity index is 1.34. The van der Waals surface area contributed by atoms with Crippen LogP contribution in [0.3, 0.4) is 0 Å². The number of phenols is 4. The van der Waals surface area contributed by atoms with E-state index in [0.717, 1.165) is 22.0 Å². The molecule has 7 N–H and O–H groups in total. The normalized spacial score (nSPS) is 18.4. The lowest BCUT2D eigenvalue weighted by Gasteiger charge is -2.49. The summed E-state index contributed by atoms with van der Waals surface area (Å²) in [5, 5.41) is 61.9. The van der Waals surface area contributed by atoms with Gasteiger partial charge in [0.15, 0.2) is 21.6 Å². The fraction of sp³-hybridized carbons (Fsp3) is 0.231. The van der Waals surface area contributed by atoms with Gasteiger partial charge in [-0.05, 0) is 42.3 Å². The molecule has 0 saturated carbocycles. The molecule has 14 nitrogen and oxygen atoms in total. The molecule has 43 heavy (non-hydrogen) atoms. The van der Waals surface area contributed by atoms with Gasteiger partial charge in [-0.2, -0.15) is 0 Å². The topological polar surface area (TPSA) is 223 Å². The van der Waals surface area contributed by atoms with E-state index >= 15 is 0 Å². The molecule has 2 unspecified atom stereocenters. The highest BCUT2D eigenvalue weighted by atomic mass is 32.2. The molecule has 0 bridgehead atoms. The first-order valence-corrected chi connectivity index (χ1v) is 15.3. The van der Waals surface area contributed by atoms with E-state index in [4.69, 9.17) is 0 Å². The predicted octanol–water partition coefficient (Wildman–Crippen LogP) is 1.67. The second-order valence-electron chi connectivity index (χ2n) is 9.39. The number of nitrogens with one attached hydrogen (secondary N) is 2. The van der Waals surface area contributed by atoms with Crippen molar-refractivity contribution in [1.82, 2.24) is 25.7 Å². The van der Waals surface area contributed by atoms with Gasteiger partial charge in [-0.25, -0.2) is 4.79 Å². The van der Waals surface area contributed by atoms with Crippen LogP contribution in [0.2, 0.25) is 0 Å². The minimum Gasteiger partial charge on any atom is -0.508 e. The number of amides is 3. The number of hydrogen-bond acceptors (Lipinski definition) is 13. The van der Waals surface area contributed by atoms with Crippen LogP contribution in [0.25, 0.3) is 0 Å². The van der Waals surface area contributed by atoms with Gasteiger partial charge in [-0.1, -0.05) is 35.2 Å². The molecule has 5 rings (SSSR count). The maximum atomic E-state index is 13.5. The largest absolute Gasteiger partial charge is 0.508 e. The van der Waals surface area contributed by atoms with Crippen LogP contribution in [0.1, 0.15) is 27.0 Å². The summed E-state index contributed by atoms with van der Waals surface area (Å²) < 4.78 is 0.669. The fourth-order valence-corrected chi connectivity index (χ4v) is 7.73. The molecule has 0 aliphatic carbocycles. The highest BCUT2D eigenvalue weighted by Crippen LogP contribution is 2.42. The van der Waals surface area contributed by atoms with Gasteiger partial charge in [-0.15, -0.1) is 22.0 Å². The molecule has 2 aliphatic heterocycles. The van der Waals surface area contributed by atoms with Gasteiger partial charge in [0.2, 0.25) is 5.91 Å². The van der Waals surface area contributed by atoms with Crippen LogP contribution in [0.15, 0.2) is 52.0 Å². The van der Waals surface area contributed by atoms with E-state index in [2.05, 4.69) is 20.8 Å². The number of rotatable bonds is 9. The van der Waals surface area contributed by atoms with Crippen LogP contribution in [0.5, 0.6) is 23.0 Å². The van der Waals surface area contributed by atoms with Crippen molar-refractivity contribution in [2.24, 2.45) is 0 Å². The molecule has 1 aromatic heterocycles. The van der Waals surface area contributed by atoms with E-state index in [1.54, 1.807) is 6.92 Å². The molecule has 0 radical (unpaired) electrons. The monoisotopic (exact) mass is 645 g/mol. The number of β-lactam (4-membered cyclic amide) rings is 1. The number of aryl methyl sites for hydroxylation is 1. The highest BCUT2D eigenvalue weighted by molar-refractivity contribution is 8.01. The number of thioether (sulfide) groups is 2. The lowest BCUT2D eigenvalue weighted by molar-refractivity contribution is -0.151. The Morgan fingerprint density at radius 3 is 2.37 bits per heavy atom. The first-order chi connectivity index (χ1) is 20.4. The van der Waals surface area contributed by atoms with Crippen molar-refractivity contribution in [3.63, 3.8) is 0 Å². The minimum absolute atomic E-state index is 0.103. The molecule has 0 spiro atoms. The van der Waals surface area contributed by atoms with E-state index in [1.807, 2.05) is 0 Å². The van der Waals surface area contributed by atoms with Crippen molar-refractivity contribution in [2.75, 3.05) is 11.5 Å². The maximum Gasteiger partial charge on any atom is 0.352 e. The Labute approximate surface area is 255 Å². The lowest BCUT2D eigenvalue weighted by atomic mass is 10.0. The summed E-state index contributed by atoms with van der Waals surface area (Å²) in [6, 6.07) is 4.63. The number of fused-ring (bicyclic) bond motifs is 1. The predicted molar refractivity (Wildman–Crippen MR) is 155 cm³/mol. The number of aromatic hydroxyl groups is 4. The van der Waals surface area contributed by atoms with Gasteiger partial charge in [0.1, 0.15) is 33.9 Å². The summed E-state index contributed by atoms with van der Waals surface area (Å²) in [6.07, 6.45) is 0. The lowest BCUT2D eigenvalue weighted by Crippen LogP contribution is -2.71. The molecule has 3 heterocycles. The Morgan fingerprint density at radius 1 is 1.09 bits per heavy atom. The minimum atomic E-state index is -1.40. The first-order valence-electron chi connectivity index (χ1n) is 12.4. The molecule has 3 aromatic rings. The Kier molecular flexibility index (Phi) is 8.38. The molecule has 2 aliphatic rings. The zero-order valence-electron chi connectivity index (χ0n) is 22.0. The van der Waals surface area contributed by atoms with E-state index in [9.17, 15) is 44.7 Å². The second-order valence-corrected chi connectivity index (χ2v) is 12.9. The number of aromatic nitrogens is 2. The number of nitrogens with zero attached hydrogens (tertiary/aromatic N) is 3. The molecular formula is C26H23N5O9S3. The van der Waals surface area contributed by atoms with Crippen LogP contribution in [0.4, 0.5) is 0 Å². The van der Waals surface area contributed by atoms with Crippen molar-refractivity contribution in [1.29, 1.82) is 0 Å². The van der Waals surface area contributed by atoms with E-state index in [-0.39, 0.29) is 28.3 Å². The summed E-state index contributed by atoms with van der Waals surface area (Å²) in [4.78, 5) is 53.0. The third-order valence-electron chi connectivity index (χ3n) is 6.52. The average molecular weight is 646 g/mol. The van der Waals surface area contributed by atoms with Crippen LogP contribution in [-0.4, -0.2) is 87.2 Å². The molecule has 1 fully saturated rings. The van der Waals surface area contributed by atoms with Gasteiger partial charge < -0.3 is 36.2 Å². The van der Waals surface area contributed by atoms with E-state index < -0.39 is 58.4 Å². The van der Waals surface area contributed by atoms with Crippen LogP contribution < -0.4 is 10.6 Å². The quantitative estimate of drug-likeness (QED) is 0.100. The Hall–Kier alpha value is -4.48. The van der Waals surface area contributed by atoms with Gasteiger partial charge in [0, 0.05) is 17.1 Å². The van der Waals surface area contributed by atoms with Gasteiger partial charge >= 0.3 is 5.97 Å². The Bertz CT molecular complexity index is 1640. The highest BCUT2D eigenvalue weighted by Gasteiger charge is 2.54. The standard InChI is InChI=1S/C26H23N5O9S3/c1-10-29-30-26(43-10)42-9-13-8-41-24-18(23(38)31(24)19(13)25(39)40)28-22(37)17(11-2-4-14(32)5-3-11)27-21(36)12-6-15(33)20(35)16(34)7-12/h2-7,17-18,24,32-35H,8-9H2,1H3,(H,27,36)(H,28,37)(H,39,40)/t17?,18?,24-/m0/s1. The van der Waals surface area contributed by atoms with Gasteiger partial charge in [0.25, 0.3) is 11.8 Å². The summed E-state index contributed by atoms with van der Waals surface area (Å²) in [6.45, 7) is 1.80. The third-order valence-corrected chi connectivity index (χ3v) is 9.92. The van der Waals surface area contributed by atoms with Crippen molar-refractivity contribution < 1.29 is 44.7 Å². The number of hydrogen-bond donors (Lipinski definition) is 7. The smallest absolute Gasteiger partial charge is 0.352 e. The number of carboxylic acids is 1. The van der Waals surface area contributed by atoms with Crippen LogP contribution in [-0.2, 0) is 14.4 Å². The van der Waals surface area contributed by atoms with E-state index in [1.165, 1.54) is 59.1 Å². The number of benzene rings is 2. The zero-order valence-corrected chi connectivity index (χ0v) is 24.5. The number of phenolic OH excluding ortho intramolecular Hbond substituents is 4. The molecule has 1 saturated heterocycles. The third kappa shape index (κ3) is 6.04. The summed E-state index contributed by atoms with van der Waals surface area (Å²) >= 11 is 3.97. The van der Waals surface area contributed by atoms with Crippen molar-refractivity contribution in [3.8, 4) is 23.0 Å². The van der Waals surface area contributed by atoms with E-state index in [0.29, 0.717) is 15.7 Å². The second kappa shape index (κ2) is 12.0. The van der Waals surface area contributed by atoms with Crippen LogP contribution in [0, 0.1) is 6.92 Å². The van der Waals surface area contributed by atoms with Crippen LogP contribution >= 0.6 is 34.9 Å². The summed E-state index contributed by atoms with van der Waals surface area (Å²) in [5.41, 5.74) is 0.333. The first kappa shape index (κ1) is 30.0. The molecular weight excluding hydrogens is 623 g/mol. The molecule has 224 valence electrons. The number of carboxylic acid groups (broad SMARTS) is 1. The zero-order chi connectivity index (χ0) is 31.0. The van der Waals surface area contributed by atoms with Gasteiger partial charge in [-0.3, -0.25) is 19.3 Å². The van der Waals surface area contributed by atoms with Gasteiger partial charge in [0.05, 0.1) is 0 Å². The summed E-state index contributed by atoms with van der Waals surface area (Å²) in [7, 11) is 0. The number of carbonyl (C=O) groups is 4. The van der Waals surface area contributed by atoms with Crippen molar-refractivity contribution in [2.45, 2.75) is 28.7 Å².